The number of aromatic nitrogens is 2. The number of carbonyl (C=O) groups is 1. The van der Waals surface area contributed by atoms with Crippen LogP contribution in [0.3, 0.4) is 0 Å². The van der Waals surface area contributed by atoms with Gasteiger partial charge in [0.25, 0.3) is 0 Å². The molecule has 0 spiro atoms. The molecule has 2 saturated carbocycles. The SMILES string of the molecule is CC(CC1CCCCC1)Oc1cccc(-c2cccc(-n3ncc(C(=O)O)c3C3CC3)c2)c1. The van der Waals surface area contributed by atoms with Gasteiger partial charge in [-0.3, -0.25) is 0 Å². The number of aromatic carboxylic acids is 1. The molecule has 5 nitrogen and oxygen atoms in total. The first-order valence-corrected chi connectivity index (χ1v) is 12.3. The van der Waals surface area contributed by atoms with Crippen molar-refractivity contribution in [1.29, 1.82) is 0 Å². The molecule has 172 valence electrons. The summed E-state index contributed by atoms with van der Waals surface area (Å²) in [6.07, 6.45) is 11.6. The van der Waals surface area contributed by atoms with E-state index < -0.39 is 5.97 Å². The van der Waals surface area contributed by atoms with Crippen molar-refractivity contribution >= 4 is 5.97 Å². The Hall–Kier alpha value is -3.08. The zero-order valence-electron chi connectivity index (χ0n) is 19.2. The summed E-state index contributed by atoms with van der Waals surface area (Å²) in [5.41, 5.74) is 4.15. The zero-order valence-corrected chi connectivity index (χ0v) is 19.2. The van der Waals surface area contributed by atoms with Gasteiger partial charge in [-0.15, -0.1) is 0 Å². The molecule has 2 fully saturated rings. The van der Waals surface area contributed by atoms with E-state index in [1.807, 2.05) is 24.3 Å². The summed E-state index contributed by atoms with van der Waals surface area (Å²) in [6.45, 7) is 2.18. The van der Waals surface area contributed by atoms with Gasteiger partial charge in [-0.25, -0.2) is 9.48 Å². The lowest BCUT2D eigenvalue weighted by Gasteiger charge is -2.25. The fraction of sp³-hybridized carbons (Fsp3) is 0.429. The molecule has 5 heteroatoms. The third-order valence-corrected chi connectivity index (χ3v) is 6.99. The average molecular weight is 445 g/mol. The number of carboxylic acids is 1. The molecule has 0 radical (unpaired) electrons. The third-order valence-electron chi connectivity index (χ3n) is 6.99. The van der Waals surface area contributed by atoms with E-state index in [9.17, 15) is 9.90 Å². The van der Waals surface area contributed by atoms with Crippen LogP contribution < -0.4 is 4.74 Å². The Labute approximate surface area is 195 Å². The van der Waals surface area contributed by atoms with Crippen LogP contribution >= 0.6 is 0 Å². The Balaban J connectivity index is 1.36. The predicted molar refractivity (Wildman–Crippen MR) is 129 cm³/mol. The van der Waals surface area contributed by atoms with Crippen molar-refractivity contribution in [3.8, 4) is 22.6 Å². The van der Waals surface area contributed by atoms with Gasteiger partial charge in [-0.2, -0.15) is 5.10 Å². The minimum atomic E-state index is -0.911. The predicted octanol–water partition coefficient (Wildman–Crippen LogP) is 6.85. The summed E-state index contributed by atoms with van der Waals surface area (Å²) in [4.78, 5) is 11.7. The molecule has 0 bridgehead atoms. The van der Waals surface area contributed by atoms with Gasteiger partial charge in [0.1, 0.15) is 11.3 Å². The Morgan fingerprint density at radius 3 is 2.52 bits per heavy atom. The highest BCUT2D eigenvalue weighted by molar-refractivity contribution is 5.89. The van der Waals surface area contributed by atoms with E-state index in [0.29, 0.717) is 5.56 Å². The van der Waals surface area contributed by atoms with Crippen molar-refractivity contribution in [2.75, 3.05) is 0 Å². The molecule has 2 aliphatic rings. The fourth-order valence-corrected chi connectivity index (χ4v) is 5.22. The highest BCUT2D eigenvalue weighted by Gasteiger charge is 2.32. The summed E-state index contributed by atoms with van der Waals surface area (Å²) < 4.78 is 8.10. The van der Waals surface area contributed by atoms with E-state index in [-0.39, 0.29) is 12.0 Å². The fourth-order valence-electron chi connectivity index (χ4n) is 5.22. The van der Waals surface area contributed by atoms with Gasteiger partial charge in [0.2, 0.25) is 0 Å². The molecule has 1 N–H and O–H groups in total. The van der Waals surface area contributed by atoms with Crippen LogP contribution in [0.15, 0.2) is 54.7 Å². The highest BCUT2D eigenvalue weighted by Crippen LogP contribution is 2.42. The molecule has 0 aliphatic heterocycles. The van der Waals surface area contributed by atoms with Gasteiger partial charge >= 0.3 is 5.97 Å². The Bertz CT molecular complexity index is 1130. The molecule has 1 aromatic heterocycles. The molecular weight excluding hydrogens is 412 g/mol. The molecule has 2 aliphatic carbocycles. The van der Waals surface area contributed by atoms with E-state index in [2.05, 4.69) is 36.3 Å². The van der Waals surface area contributed by atoms with Gasteiger partial charge in [0, 0.05) is 5.92 Å². The van der Waals surface area contributed by atoms with Gasteiger partial charge in [0.15, 0.2) is 0 Å². The molecule has 1 unspecified atom stereocenters. The number of hydrogen-bond acceptors (Lipinski definition) is 3. The van der Waals surface area contributed by atoms with Crippen molar-refractivity contribution in [3.05, 3.63) is 66.0 Å². The molecule has 1 atom stereocenters. The molecule has 0 saturated heterocycles. The normalized spacial score (nSPS) is 17.6. The van der Waals surface area contributed by atoms with Crippen LogP contribution in [0.25, 0.3) is 16.8 Å². The molecule has 0 amide bonds. The van der Waals surface area contributed by atoms with Crippen molar-refractivity contribution < 1.29 is 14.6 Å². The second-order valence-corrected chi connectivity index (χ2v) is 9.68. The number of hydrogen-bond donors (Lipinski definition) is 1. The standard InChI is InChI=1S/C28H32N2O3/c1-19(15-20-7-3-2-4-8-20)33-25-12-6-10-23(17-25)22-9-5-11-24(16-22)30-27(21-13-14-21)26(18-29-30)28(31)32/h5-6,9-12,16-21H,2-4,7-8,13-15H2,1H3,(H,31,32). The molecule has 1 heterocycles. The highest BCUT2D eigenvalue weighted by atomic mass is 16.5. The zero-order chi connectivity index (χ0) is 22.8. The first-order valence-electron chi connectivity index (χ1n) is 12.3. The van der Waals surface area contributed by atoms with E-state index in [4.69, 9.17) is 4.74 Å². The Morgan fingerprint density at radius 1 is 1.06 bits per heavy atom. The summed E-state index contributed by atoms with van der Waals surface area (Å²) in [5, 5.41) is 14.0. The lowest BCUT2D eigenvalue weighted by molar-refractivity contribution is 0.0695. The Morgan fingerprint density at radius 2 is 1.79 bits per heavy atom. The van der Waals surface area contributed by atoms with Crippen molar-refractivity contribution in [1.82, 2.24) is 9.78 Å². The minimum Gasteiger partial charge on any atom is -0.491 e. The van der Waals surface area contributed by atoms with E-state index in [0.717, 1.165) is 53.4 Å². The van der Waals surface area contributed by atoms with E-state index >= 15 is 0 Å². The average Bonchev–Trinajstić information content (AvgIpc) is 3.57. The molecular formula is C28H32N2O3. The van der Waals surface area contributed by atoms with Crippen LogP contribution in [0.5, 0.6) is 5.75 Å². The monoisotopic (exact) mass is 444 g/mol. The van der Waals surface area contributed by atoms with Gasteiger partial charge in [0.05, 0.1) is 23.7 Å². The summed E-state index contributed by atoms with van der Waals surface area (Å²) in [5.74, 6) is 1.06. The molecule has 5 rings (SSSR count). The van der Waals surface area contributed by atoms with Crippen LogP contribution in [-0.4, -0.2) is 27.0 Å². The largest absolute Gasteiger partial charge is 0.491 e. The number of benzene rings is 2. The van der Waals surface area contributed by atoms with Crippen molar-refractivity contribution in [2.45, 2.75) is 70.3 Å². The quantitative estimate of drug-likeness (QED) is 0.412. The van der Waals surface area contributed by atoms with Crippen molar-refractivity contribution in [2.24, 2.45) is 5.92 Å². The number of rotatable bonds is 8. The second-order valence-electron chi connectivity index (χ2n) is 9.68. The topological polar surface area (TPSA) is 64.4 Å². The summed E-state index contributed by atoms with van der Waals surface area (Å²) in [7, 11) is 0. The summed E-state index contributed by atoms with van der Waals surface area (Å²) >= 11 is 0. The van der Waals surface area contributed by atoms with Crippen LogP contribution in [0.4, 0.5) is 0 Å². The van der Waals surface area contributed by atoms with Gasteiger partial charge in [-0.1, -0.05) is 56.4 Å². The third kappa shape index (κ3) is 4.97. The smallest absolute Gasteiger partial charge is 0.339 e. The second kappa shape index (κ2) is 9.42. The first-order chi connectivity index (χ1) is 16.1. The van der Waals surface area contributed by atoms with E-state index in [1.54, 1.807) is 4.68 Å². The van der Waals surface area contributed by atoms with E-state index in [1.165, 1.54) is 38.3 Å². The van der Waals surface area contributed by atoms with Crippen LogP contribution in [0.1, 0.15) is 80.3 Å². The molecule has 2 aromatic carbocycles. The first kappa shape index (κ1) is 21.7. The maximum absolute atomic E-state index is 11.7. The van der Waals surface area contributed by atoms with Crippen LogP contribution in [0.2, 0.25) is 0 Å². The molecule has 3 aromatic rings. The van der Waals surface area contributed by atoms with Crippen LogP contribution in [0, 0.1) is 5.92 Å². The minimum absolute atomic E-state index is 0.203. The number of carboxylic acid groups (broad SMARTS) is 1. The number of nitrogens with zero attached hydrogens (tertiary/aromatic N) is 2. The van der Waals surface area contributed by atoms with Gasteiger partial charge in [-0.05, 0) is 67.5 Å². The lowest BCUT2D eigenvalue weighted by Crippen LogP contribution is -2.18. The Kier molecular flexibility index (Phi) is 6.21. The summed E-state index contributed by atoms with van der Waals surface area (Å²) in [6, 6.07) is 16.4. The maximum Gasteiger partial charge on any atom is 0.339 e. The molecule has 33 heavy (non-hydrogen) atoms. The lowest BCUT2D eigenvalue weighted by atomic mass is 9.85. The maximum atomic E-state index is 11.7. The van der Waals surface area contributed by atoms with Gasteiger partial charge < -0.3 is 9.84 Å². The van der Waals surface area contributed by atoms with Crippen molar-refractivity contribution in [3.63, 3.8) is 0 Å². The van der Waals surface area contributed by atoms with Crippen LogP contribution in [-0.2, 0) is 0 Å². The number of ether oxygens (including phenoxy) is 1.